The summed E-state index contributed by atoms with van der Waals surface area (Å²) in [5.41, 5.74) is 9.13. The van der Waals surface area contributed by atoms with Crippen molar-refractivity contribution in [3.05, 3.63) is 87.1 Å². The summed E-state index contributed by atoms with van der Waals surface area (Å²) in [6.45, 7) is 0. The monoisotopic (exact) mass is 449 g/mol. The molecule has 1 amide bonds. The second-order valence-corrected chi connectivity index (χ2v) is 7.69. The Bertz CT molecular complexity index is 1530. The molecule has 152 valence electrons. The Hall–Kier alpha value is -3.68. The van der Waals surface area contributed by atoms with E-state index < -0.39 is 5.91 Å². The van der Waals surface area contributed by atoms with E-state index in [2.05, 4.69) is 9.97 Å². The highest BCUT2D eigenvalue weighted by Crippen LogP contribution is 2.37. The molecule has 0 saturated carbocycles. The molecule has 0 spiro atoms. The largest absolute Gasteiger partial charge is 0.364 e. The van der Waals surface area contributed by atoms with Crippen molar-refractivity contribution in [1.29, 1.82) is 0 Å². The first-order valence-corrected chi connectivity index (χ1v) is 9.94. The Morgan fingerprint density at radius 2 is 1.84 bits per heavy atom. The average Bonchev–Trinajstić information content (AvgIpc) is 3.13. The van der Waals surface area contributed by atoms with Crippen LogP contribution >= 0.6 is 23.2 Å². The molecular formula is C22H13Cl2N5O2. The first-order valence-electron chi connectivity index (χ1n) is 9.18. The number of halogens is 2. The number of primary amides is 1. The summed E-state index contributed by atoms with van der Waals surface area (Å²) in [5.74, 6) is -0.664. The van der Waals surface area contributed by atoms with Gasteiger partial charge in [-0.2, -0.15) is 0 Å². The molecule has 1 aromatic carbocycles. The molecule has 31 heavy (non-hydrogen) atoms. The number of amides is 1. The van der Waals surface area contributed by atoms with E-state index in [0.717, 1.165) is 11.1 Å². The highest BCUT2D eigenvalue weighted by molar-refractivity contribution is 6.39. The fourth-order valence-electron chi connectivity index (χ4n) is 3.58. The van der Waals surface area contributed by atoms with Crippen molar-refractivity contribution in [2.75, 3.05) is 0 Å². The van der Waals surface area contributed by atoms with Crippen molar-refractivity contribution in [1.82, 2.24) is 19.4 Å². The van der Waals surface area contributed by atoms with E-state index in [0.29, 0.717) is 37.9 Å². The number of carbonyl (C=O) groups is 1. The molecule has 5 rings (SSSR count). The van der Waals surface area contributed by atoms with Gasteiger partial charge in [-0.15, -0.1) is 0 Å². The number of hydrogen-bond donors (Lipinski definition) is 2. The third kappa shape index (κ3) is 3.15. The molecule has 0 saturated heterocycles. The van der Waals surface area contributed by atoms with Crippen LogP contribution in [0.5, 0.6) is 0 Å². The average molecular weight is 450 g/mol. The minimum absolute atomic E-state index is 0.168. The zero-order valence-electron chi connectivity index (χ0n) is 15.8. The Morgan fingerprint density at radius 1 is 1.06 bits per heavy atom. The molecule has 4 aromatic heterocycles. The van der Waals surface area contributed by atoms with Crippen LogP contribution in [-0.2, 0) is 0 Å². The minimum atomic E-state index is -0.664. The summed E-state index contributed by atoms with van der Waals surface area (Å²) in [4.78, 5) is 35.6. The van der Waals surface area contributed by atoms with Gasteiger partial charge in [0, 0.05) is 41.2 Å². The lowest BCUT2D eigenvalue weighted by molar-refractivity contribution is 0.0995. The number of pyridine rings is 3. The molecule has 0 aliphatic heterocycles. The number of carbonyl (C=O) groups excluding carboxylic acids is 1. The summed E-state index contributed by atoms with van der Waals surface area (Å²) >= 11 is 12.8. The van der Waals surface area contributed by atoms with E-state index in [4.69, 9.17) is 33.9 Å². The fourth-order valence-corrected chi connectivity index (χ4v) is 4.16. The van der Waals surface area contributed by atoms with E-state index in [1.807, 2.05) is 6.07 Å². The normalized spacial score (nSPS) is 11.3. The Kier molecular flexibility index (Phi) is 4.50. The van der Waals surface area contributed by atoms with Crippen molar-refractivity contribution < 1.29 is 4.79 Å². The number of nitrogens with two attached hydrogens (primary N) is 1. The summed E-state index contributed by atoms with van der Waals surface area (Å²) in [7, 11) is 0. The van der Waals surface area contributed by atoms with Gasteiger partial charge in [0.1, 0.15) is 17.0 Å². The molecule has 3 N–H and O–H groups in total. The first kappa shape index (κ1) is 19.3. The summed E-state index contributed by atoms with van der Waals surface area (Å²) < 4.78 is 1.61. The second-order valence-electron chi connectivity index (χ2n) is 6.88. The molecule has 0 bridgehead atoms. The molecular weight excluding hydrogens is 437 g/mol. The third-order valence-corrected chi connectivity index (χ3v) is 5.63. The minimum Gasteiger partial charge on any atom is -0.364 e. The smallest absolute Gasteiger partial charge is 0.268 e. The number of H-pyrrole nitrogens is 1. The number of aromatic nitrogens is 4. The van der Waals surface area contributed by atoms with Gasteiger partial charge in [-0.25, -0.2) is 4.98 Å². The molecule has 0 fully saturated rings. The lowest BCUT2D eigenvalue weighted by atomic mass is 10.1. The maximum absolute atomic E-state index is 12.4. The number of benzene rings is 1. The van der Waals surface area contributed by atoms with Crippen molar-refractivity contribution in [3.8, 4) is 22.4 Å². The first-order chi connectivity index (χ1) is 14.9. The molecule has 7 nitrogen and oxygen atoms in total. The Labute approximate surface area is 185 Å². The lowest BCUT2D eigenvalue weighted by Crippen LogP contribution is -2.15. The van der Waals surface area contributed by atoms with Gasteiger partial charge in [0.15, 0.2) is 0 Å². The number of rotatable bonds is 3. The number of imidazole rings is 1. The molecule has 0 unspecified atom stereocenters. The molecule has 0 radical (unpaired) electrons. The van der Waals surface area contributed by atoms with Crippen LogP contribution < -0.4 is 11.3 Å². The molecule has 9 heteroatoms. The maximum Gasteiger partial charge on any atom is 0.268 e. The zero-order chi connectivity index (χ0) is 21.7. The maximum atomic E-state index is 12.4. The van der Waals surface area contributed by atoms with E-state index in [1.54, 1.807) is 53.3 Å². The van der Waals surface area contributed by atoms with E-state index in [1.165, 1.54) is 6.07 Å². The number of fused-ring (bicyclic) bond motifs is 3. The standard InChI is InChI=1S/C22H13Cl2N5O2/c23-14-2-1-3-15(24)18(14)19-20(21(25)31)29-7-6-16-13(22(29)28-19)8-12(10-26-16)11-4-5-17(30)27-9-11/h1-10H,(H2,25,31)(H,27,30). The second kappa shape index (κ2) is 7.23. The number of hydrogen-bond acceptors (Lipinski definition) is 4. The van der Waals surface area contributed by atoms with Gasteiger partial charge in [-0.3, -0.25) is 19.0 Å². The van der Waals surface area contributed by atoms with Crippen LogP contribution in [0.1, 0.15) is 10.5 Å². The topological polar surface area (TPSA) is 106 Å². The van der Waals surface area contributed by atoms with E-state index in [-0.39, 0.29) is 11.3 Å². The van der Waals surface area contributed by atoms with Crippen molar-refractivity contribution in [2.24, 2.45) is 5.73 Å². The van der Waals surface area contributed by atoms with Gasteiger partial charge in [-0.05, 0) is 35.9 Å². The number of aromatic amines is 1. The third-order valence-electron chi connectivity index (χ3n) is 5.00. The van der Waals surface area contributed by atoms with Gasteiger partial charge in [0.05, 0.1) is 15.6 Å². The van der Waals surface area contributed by atoms with Gasteiger partial charge in [0.2, 0.25) is 5.56 Å². The van der Waals surface area contributed by atoms with Crippen LogP contribution in [-0.4, -0.2) is 25.3 Å². The molecule has 5 aromatic rings. The van der Waals surface area contributed by atoms with Crippen LogP contribution in [0, 0.1) is 0 Å². The van der Waals surface area contributed by atoms with Crippen LogP contribution in [0.15, 0.2) is 65.8 Å². The van der Waals surface area contributed by atoms with E-state index >= 15 is 0 Å². The van der Waals surface area contributed by atoms with Crippen LogP contribution in [0.2, 0.25) is 10.0 Å². The molecule has 0 aliphatic rings. The van der Waals surface area contributed by atoms with Crippen molar-refractivity contribution in [2.45, 2.75) is 0 Å². The number of nitrogens with one attached hydrogen (secondary N) is 1. The highest BCUT2D eigenvalue weighted by Gasteiger charge is 2.23. The zero-order valence-corrected chi connectivity index (χ0v) is 17.3. The van der Waals surface area contributed by atoms with Crippen LogP contribution in [0.4, 0.5) is 0 Å². The molecule has 4 heterocycles. The SMILES string of the molecule is NC(=O)c1c(-c2c(Cl)cccc2Cl)nc2c3cc(-c4ccc(=O)[nH]c4)cnc3ccn12. The molecule has 0 aliphatic carbocycles. The quantitative estimate of drug-likeness (QED) is 0.427. The van der Waals surface area contributed by atoms with Crippen molar-refractivity contribution in [3.63, 3.8) is 0 Å². The van der Waals surface area contributed by atoms with Crippen LogP contribution in [0.3, 0.4) is 0 Å². The summed E-state index contributed by atoms with van der Waals surface area (Å²) in [6, 6.07) is 11.9. The fraction of sp³-hybridized carbons (Fsp3) is 0. The van der Waals surface area contributed by atoms with Gasteiger partial charge in [0.25, 0.3) is 5.91 Å². The predicted octanol–water partition coefficient (Wildman–Crippen LogP) is 4.31. The van der Waals surface area contributed by atoms with E-state index in [9.17, 15) is 9.59 Å². The lowest BCUT2D eigenvalue weighted by Gasteiger charge is -2.06. The van der Waals surface area contributed by atoms with Crippen molar-refractivity contribution >= 4 is 45.7 Å². The Morgan fingerprint density at radius 3 is 2.52 bits per heavy atom. The van der Waals surface area contributed by atoms with Crippen LogP contribution in [0.25, 0.3) is 38.9 Å². The summed E-state index contributed by atoms with van der Waals surface area (Å²) in [6.07, 6.45) is 5.00. The van der Waals surface area contributed by atoms with Gasteiger partial charge < -0.3 is 10.7 Å². The molecule has 0 atom stereocenters. The Balaban J connectivity index is 1.84. The van der Waals surface area contributed by atoms with Gasteiger partial charge >= 0.3 is 0 Å². The highest BCUT2D eigenvalue weighted by atomic mass is 35.5. The number of nitrogens with zero attached hydrogens (tertiary/aromatic N) is 3. The van der Waals surface area contributed by atoms with Gasteiger partial charge in [-0.1, -0.05) is 29.3 Å². The summed E-state index contributed by atoms with van der Waals surface area (Å²) in [5, 5.41) is 1.41. The predicted molar refractivity (Wildman–Crippen MR) is 121 cm³/mol.